The Morgan fingerprint density at radius 1 is 1.37 bits per heavy atom. The summed E-state index contributed by atoms with van der Waals surface area (Å²) in [7, 11) is 1.52. The van der Waals surface area contributed by atoms with Crippen molar-refractivity contribution in [2.75, 3.05) is 20.2 Å². The number of hydrogen-bond donors (Lipinski definition) is 4. The summed E-state index contributed by atoms with van der Waals surface area (Å²) in [5.74, 6) is 2.31. The van der Waals surface area contributed by atoms with Gasteiger partial charge in [-0.25, -0.2) is 0 Å². The van der Waals surface area contributed by atoms with Gasteiger partial charge in [0.1, 0.15) is 0 Å². The topological polar surface area (TPSA) is 93.0 Å². The number of rotatable bonds is 6. The van der Waals surface area contributed by atoms with Crippen LogP contribution in [-0.2, 0) is 4.79 Å². The first kappa shape index (κ1) is 15.9. The highest BCUT2D eigenvalue weighted by Crippen LogP contribution is 2.27. The molecule has 4 unspecified atom stereocenters. The Hall–Kier alpha value is -1.13. The van der Waals surface area contributed by atoms with Gasteiger partial charge in [0.25, 0.3) is 0 Å². The molecule has 1 rings (SSSR count). The van der Waals surface area contributed by atoms with Crippen LogP contribution in [-0.4, -0.2) is 70.6 Å². The fourth-order valence-corrected chi connectivity index (χ4v) is 2.53. The van der Waals surface area contributed by atoms with Gasteiger partial charge in [0.2, 0.25) is 5.91 Å². The van der Waals surface area contributed by atoms with Gasteiger partial charge in [-0.3, -0.25) is 9.69 Å². The van der Waals surface area contributed by atoms with Gasteiger partial charge in [-0.15, -0.1) is 12.3 Å². The molecule has 4 atom stereocenters. The lowest BCUT2D eigenvalue weighted by molar-refractivity contribution is -0.122. The summed E-state index contributed by atoms with van der Waals surface area (Å²) >= 11 is 0. The molecule has 0 radical (unpaired) electrons. The summed E-state index contributed by atoms with van der Waals surface area (Å²) in [4.78, 5) is 13.2. The molecule has 0 aliphatic carbocycles. The van der Waals surface area contributed by atoms with Gasteiger partial charge in [-0.1, -0.05) is 0 Å². The van der Waals surface area contributed by atoms with Gasteiger partial charge in [-0.2, -0.15) is 0 Å². The minimum absolute atomic E-state index is 0.0846. The lowest BCUT2D eigenvalue weighted by Crippen LogP contribution is -2.43. The molecule has 108 valence electrons. The molecule has 0 aromatic carbocycles. The lowest BCUT2D eigenvalue weighted by Gasteiger charge is -2.28. The van der Waals surface area contributed by atoms with Gasteiger partial charge in [0, 0.05) is 25.9 Å². The van der Waals surface area contributed by atoms with E-state index in [1.165, 1.54) is 7.05 Å². The van der Waals surface area contributed by atoms with Gasteiger partial charge < -0.3 is 20.6 Å². The van der Waals surface area contributed by atoms with Crippen LogP contribution < -0.4 is 5.32 Å². The molecule has 0 bridgehead atoms. The van der Waals surface area contributed by atoms with Crippen molar-refractivity contribution in [3.05, 3.63) is 0 Å². The number of terminal acetylenes is 1. The molecule has 6 nitrogen and oxygen atoms in total. The molecule has 0 spiro atoms. The largest absolute Gasteiger partial charge is 0.395 e. The molecule has 0 saturated carbocycles. The van der Waals surface area contributed by atoms with Crippen molar-refractivity contribution in [1.29, 1.82) is 0 Å². The van der Waals surface area contributed by atoms with Crippen molar-refractivity contribution < 1.29 is 20.1 Å². The molecule has 4 N–H and O–H groups in total. The van der Waals surface area contributed by atoms with Crippen molar-refractivity contribution in [3.8, 4) is 12.3 Å². The molecule has 0 aromatic rings. The Labute approximate surface area is 113 Å². The van der Waals surface area contributed by atoms with Crippen molar-refractivity contribution >= 4 is 5.91 Å². The Morgan fingerprint density at radius 2 is 2.00 bits per heavy atom. The first-order valence-electron chi connectivity index (χ1n) is 6.43. The van der Waals surface area contributed by atoms with Crippen LogP contribution in [0.3, 0.4) is 0 Å². The number of unbranched alkanes of at least 4 members (excludes halogenated alkanes) is 1. The number of aliphatic hydroxyl groups is 3. The predicted octanol–water partition coefficient (Wildman–Crippen LogP) is -1.70. The molecule has 6 heteroatoms. The normalized spacial score (nSPS) is 31.1. The van der Waals surface area contributed by atoms with E-state index in [2.05, 4.69) is 11.2 Å². The second-order valence-corrected chi connectivity index (χ2v) is 4.72. The Bertz CT molecular complexity index is 342. The molecule has 1 amide bonds. The van der Waals surface area contributed by atoms with Gasteiger partial charge in [-0.05, 0) is 13.0 Å². The van der Waals surface area contributed by atoms with Gasteiger partial charge in [0.15, 0.2) is 0 Å². The second-order valence-electron chi connectivity index (χ2n) is 4.72. The van der Waals surface area contributed by atoms with Crippen molar-refractivity contribution in [1.82, 2.24) is 10.2 Å². The van der Waals surface area contributed by atoms with Crippen LogP contribution in [0.15, 0.2) is 0 Å². The summed E-state index contributed by atoms with van der Waals surface area (Å²) < 4.78 is 0. The molecule has 1 saturated heterocycles. The molecule has 1 aliphatic rings. The Morgan fingerprint density at radius 3 is 2.53 bits per heavy atom. The van der Waals surface area contributed by atoms with E-state index in [0.717, 1.165) is 0 Å². The SMILES string of the molecule is C#CCCCN1C(CO)C(O)C(O)C1CC(=O)NC. The van der Waals surface area contributed by atoms with E-state index < -0.39 is 24.3 Å². The number of nitrogens with zero attached hydrogens (tertiary/aromatic N) is 1. The predicted molar refractivity (Wildman–Crippen MR) is 70.1 cm³/mol. The van der Waals surface area contributed by atoms with Crippen LogP contribution in [0, 0.1) is 12.3 Å². The quantitative estimate of drug-likeness (QED) is 0.341. The second kappa shape index (κ2) is 7.46. The van der Waals surface area contributed by atoms with E-state index in [4.69, 9.17) is 6.42 Å². The zero-order valence-corrected chi connectivity index (χ0v) is 11.1. The number of likely N-dealkylation sites (tertiary alicyclic amines) is 1. The monoisotopic (exact) mass is 270 g/mol. The zero-order chi connectivity index (χ0) is 14.4. The van der Waals surface area contributed by atoms with Crippen LogP contribution in [0.2, 0.25) is 0 Å². The summed E-state index contributed by atoms with van der Waals surface area (Å²) in [6, 6.07) is -1.05. The third kappa shape index (κ3) is 3.67. The maximum Gasteiger partial charge on any atom is 0.221 e. The fourth-order valence-electron chi connectivity index (χ4n) is 2.53. The van der Waals surface area contributed by atoms with E-state index in [1.807, 2.05) is 0 Å². The molecule has 0 aromatic heterocycles. The minimum Gasteiger partial charge on any atom is -0.395 e. The van der Waals surface area contributed by atoms with Crippen molar-refractivity contribution in [2.24, 2.45) is 0 Å². The highest BCUT2D eigenvalue weighted by Gasteiger charge is 2.47. The third-order valence-corrected chi connectivity index (χ3v) is 3.59. The fraction of sp³-hybridized carbons (Fsp3) is 0.769. The minimum atomic E-state index is -1.05. The Balaban J connectivity index is 2.76. The summed E-state index contributed by atoms with van der Waals surface area (Å²) in [5.41, 5.74) is 0. The Kier molecular flexibility index (Phi) is 6.25. The van der Waals surface area contributed by atoms with Crippen molar-refractivity contribution in [2.45, 2.75) is 43.6 Å². The maximum absolute atomic E-state index is 11.5. The number of hydrogen-bond acceptors (Lipinski definition) is 5. The average Bonchev–Trinajstić information content (AvgIpc) is 2.63. The smallest absolute Gasteiger partial charge is 0.221 e. The molecule has 1 aliphatic heterocycles. The summed E-state index contributed by atoms with van der Waals surface area (Å²) in [6.45, 7) is 0.268. The van der Waals surface area contributed by atoms with Gasteiger partial charge in [0.05, 0.1) is 24.9 Å². The number of nitrogens with one attached hydrogen (secondary N) is 1. The van der Waals surface area contributed by atoms with E-state index in [1.54, 1.807) is 4.90 Å². The molecule has 19 heavy (non-hydrogen) atoms. The summed E-state index contributed by atoms with van der Waals surface area (Å²) in [5, 5.41) is 31.8. The van der Waals surface area contributed by atoms with E-state index >= 15 is 0 Å². The third-order valence-electron chi connectivity index (χ3n) is 3.59. The van der Waals surface area contributed by atoms with Crippen LogP contribution >= 0.6 is 0 Å². The first-order chi connectivity index (χ1) is 9.06. The summed E-state index contributed by atoms with van der Waals surface area (Å²) in [6.07, 6.45) is 4.45. The van der Waals surface area contributed by atoms with Gasteiger partial charge >= 0.3 is 0 Å². The van der Waals surface area contributed by atoms with Crippen LogP contribution in [0.25, 0.3) is 0 Å². The maximum atomic E-state index is 11.5. The van der Waals surface area contributed by atoms with Crippen molar-refractivity contribution in [3.63, 3.8) is 0 Å². The standard InChI is InChI=1S/C13H22N2O4/c1-3-4-5-6-15-9(7-11(17)14-2)12(18)13(19)10(15)8-16/h1,9-10,12-13,16,18-19H,4-8H2,2H3,(H,14,17). The molecule has 1 fully saturated rings. The van der Waals surface area contributed by atoms with E-state index in [-0.39, 0.29) is 18.9 Å². The van der Waals surface area contributed by atoms with E-state index in [9.17, 15) is 20.1 Å². The lowest BCUT2D eigenvalue weighted by atomic mass is 10.1. The van der Waals surface area contributed by atoms with E-state index in [0.29, 0.717) is 19.4 Å². The number of amides is 1. The number of carbonyl (C=O) groups excluding carboxylic acids is 1. The number of carbonyl (C=O) groups is 1. The van der Waals surface area contributed by atoms with Crippen LogP contribution in [0.1, 0.15) is 19.3 Å². The first-order valence-corrected chi connectivity index (χ1v) is 6.43. The highest BCUT2D eigenvalue weighted by molar-refractivity contribution is 5.76. The highest BCUT2D eigenvalue weighted by atomic mass is 16.3. The molecule has 1 heterocycles. The zero-order valence-electron chi connectivity index (χ0n) is 11.1. The van der Waals surface area contributed by atoms with Crippen LogP contribution in [0.5, 0.6) is 0 Å². The molecular weight excluding hydrogens is 248 g/mol. The average molecular weight is 270 g/mol. The van der Waals surface area contributed by atoms with Crippen LogP contribution in [0.4, 0.5) is 0 Å². The molecular formula is C13H22N2O4. The number of aliphatic hydroxyl groups excluding tert-OH is 3.